The molecular weight excluding hydrogens is 206 g/mol. The van der Waals surface area contributed by atoms with Gasteiger partial charge in [-0.25, -0.2) is 0 Å². The fourth-order valence-corrected chi connectivity index (χ4v) is 1.73. The molecule has 0 saturated heterocycles. The second kappa shape index (κ2) is 3.75. The Morgan fingerprint density at radius 1 is 1.50 bits per heavy atom. The first-order valence-corrected chi connectivity index (χ1v) is 5.44. The van der Waals surface area contributed by atoms with Gasteiger partial charge >= 0.3 is 0 Å². The van der Waals surface area contributed by atoms with E-state index in [0.717, 1.165) is 24.4 Å². The van der Waals surface area contributed by atoms with Gasteiger partial charge in [0.15, 0.2) is 5.82 Å². The third kappa shape index (κ3) is 1.74. The maximum Gasteiger partial charge on any atom is 0.229 e. The van der Waals surface area contributed by atoms with Gasteiger partial charge < -0.3 is 14.2 Å². The second-order valence-electron chi connectivity index (χ2n) is 4.11. The summed E-state index contributed by atoms with van der Waals surface area (Å²) in [5.74, 6) is 1.92. The molecule has 0 radical (unpaired) electrons. The van der Waals surface area contributed by atoms with Crippen LogP contribution in [-0.4, -0.2) is 19.8 Å². The number of aromatic nitrogens is 3. The second-order valence-corrected chi connectivity index (χ2v) is 4.11. The van der Waals surface area contributed by atoms with Crippen LogP contribution in [-0.2, 0) is 13.2 Å². The normalized spacial score (nSPS) is 15.6. The van der Waals surface area contributed by atoms with E-state index in [1.165, 1.54) is 0 Å². The highest BCUT2D eigenvalue weighted by Gasteiger charge is 2.29. The van der Waals surface area contributed by atoms with Crippen LogP contribution in [0.2, 0.25) is 0 Å². The Bertz CT molecular complexity index is 485. The van der Waals surface area contributed by atoms with Crippen molar-refractivity contribution >= 4 is 0 Å². The van der Waals surface area contributed by atoms with Crippen molar-refractivity contribution in [1.82, 2.24) is 14.7 Å². The maximum absolute atomic E-state index is 9.10. The summed E-state index contributed by atoms with van der Waals surface area (Å²) in [6.07, 6.45) is 4.22. The van der Waals surface area contributed by atoms with Crippen molar-refractivity contribution in [2.45, 2.75) is 31.9 Å². The third-order valence-corrected chi connectivity index (χ3v) is 2.81. The Kier molecular flexibility index (Phi) is 2.25. The van der Waals surface area contributed by atoms with Crippen molar-refractivity contribution < 1.29 is 9.63 Å². The van der Waals surface area contributed by atoms with Gasteiger partial charge in [-0.05, 0) is 25.0 Å². The molecule has 1 fully saturated rings. The number of nitrogens with zero attached hydrogens (tertiary/aromatic N) is 3. The van der Waals surface area contributed by atoms with Crippen molar-refractivity contribution in [2.75, 3.05) is 0 Å². The van der Waals surface area contributed by atoms with E-state index in [-0.39, 0.29) is 6.61 Å². The molecule has 1 N–H and O–H groups in total. The predicted octanol–water partition coefficient (Wildman–Crippen LogP) is 1.29. The summed E-state index contributed by atoms with van der Waals surface area (Å²) in [5, 5.41) is 13.0. The molecule has 5 nitrogen and oxygen atoms in total. The zero-order valence-electron chi connectivity index (χ0n) is 8.83. The molecule has 84 valence electrons. The lowest BCUT2D eigenvalue weighted by Crippen LogP contribution is -2.04. The quantitative estimate of drug-likeness (QED) is 0.841. The molecule has 0 aromatic carbocycles. The van der Waals surface area contributed by atoms with Crippen molar-refractivity contribution in [2.24, 2.45) is 0 Å². The average molecular weight is 219 g/mol. The molecule has 0 unspecified atom stereocenters. The van der Waals surface area contributed by atoms with E-state index in [0.29, 0.717) is 18.3 Å². The number of hydrogen-bond acceptors (Lipinski definition) is 4. The molecule has 2 heterocycles. The van der Waals surface area contributed by atoms with Gasteiger partial charge in [0.25, 0.3) is 0 Å². The standard InChI is InChI=1S/C11H13N3O2/c15-7-9-2-1-5-14(9)6-10-12-11(16-13-10)8-3-4-8/h1-2,5,8,15H,3-4,6-7H2. The third-order valence-electron chi connectivity index (χ3n) is 2.81. The Balaban J connectivity index is 1.77. The van der Waals surface area contributed by atoms with Gasteiger partial charge in [-0.2, -0.15) is 4.98 Å². The van der Waals surface area contributed by atoms with Crippen LogP contribution in [0.1, 0.15) is 36.2 Å². The lowest BCUT2D eigenvalue weighted by Gasteiger charge is -2.02. The smallest absolute Gasteiger partial charge is 0.229 e. The highest BCUT2D eigenvalue weighted by atomic mass is 16.5. The molecular formula is C11H13N3O2. The molecule has 5 heteroatoms. The van der Waals surface area contributed by atoms with Crippen LogP contribution in [0.25, 0.3) is 0 Å². The van der Waals surface area contributed by atoms with E-state index in [4.69, 9.17) is 9.63 Å². The molecule has 16 heavy (non-hydrogen) atoms. The predicted molar refractivity (Wildman–Crippen MR) is 55.7 cm³/mol. The van der Waals surface area contributed by atoms with Gasteiger partial charge in [-0.15, -0.1) is 0 Å². The molecule has 2 aromatic heterocycles. The van der Waals surface area contributed by atoms with Crippen molar-refractivity contribution in [3.05, 3.63) is 35.7 Å². The highest BCUT2D eigenvalue weighted by Crippen LogP contribution is 2.38. The first kappa shape index (κ1) is 9.59. The Hall–Kier alpha value is -1.62. The van der Waals surface area contributed by atoms with E-state index in [9.17, 15) is 0 Å². The van der Waals surface area contributed by atoms with Gasteiger partial charge in [0.05, 0.1) is 13.2 Å². The van der Waals surface area contributed by atoms with E-state index in [1.807, 2.05) is 22.9 Å². The Labute approximate surface area is 92.7 Å². The zero-order chi connectivity index (χ0) is 11.0. The molecule has 1 saturated carbocycles. The van der Waals surface area contributed by atoms with Gasteiger partial charge in [0.2, 0.25) is 5.89 Å². The molecule has 1 aliphatic rings. The number of rotatable bonds is 4. The van der Waals surface area contributed by atoms with Crippen LogP contribution in [0.4, 0.5) is 0 Å². The number of aliphatic hydroxyl groups is 1. The first-order chi connectivity index (χ1) is 7.86. The van der Waals surface area contributed by atoms with Crippen LogP contribution in [0.5, 0.6) is 0 Å². The minimum Gasteiger partial charge on any atom is -0.390 e. The molecule has 0 amide bonds. The molecule has 1 aliphatic carbocycles. The van der Waals surface area contributed by atoms with Crippen LogP contribution in [0.15, 0.2) is 22.9 Å². The lowest BCUT2D eigenvalue weighted by atomic mass is 10.4. The van der Waals surface area contributed by atoms with Crippen molar-refractivity contribution in [3.63, 3.8) is 0 Å². The Morgan fingerprint density at radius 3 is 3.12 bits per heavy atom. The van der Waals surface area contributed by atoms with Gasteiger partial charge in [-0.1, -0.05) is 5.16 Å². The van der Waals surface area contributed by atoms with Gasteiger partial charge in [0.1, 0.15) is 0 Å². The summed E-state index contributed by atoms with van der Waals surface area (Å²) in [6.45, 7) is 0.583. The fourth-order valence-electron chi connectivity index (χ4n) is 1.73. The number of aliphatic hydroxyl groups excluding tert-OH is 1. The van der Waals surface area contributed by atoms with Crippen LogP contribution < -0.4 is 0 Å². The summed E-state index contributed by atoms with van der Waals surface area (Å²) >= 11 is 0. The first-order valence-electron chi connectivity index (χ1n) is 5.44. The zero-order valence-corrected chi connectivity index (χ0v) is 8.83. The average Bonchev–Trinajstić information content (AvgIpc) is 2.88. The molecule has 0 atom stereocenters. The summed E-state index contributed by atoms with van der Waals surface area (Å²) in [6, 6.07) is 3.77. The summed E-state index contributed by atoms with van der Waals surface area (Å²) in [5.41, 5.74) is 0.859. The summed E-state index contributed by atoms with van der Waals surface area (Å²) in [4.78, 5) is 4.34. The van der Waals surface area contributed by atoms with Gasteiger partial charge in [-0.3, -0.25) is 0 Å². The molecule has 2 aromatic rings. The van der Waals surface area contributed by atoms with Crippen molar-refractivity contribution in [3.8, 4) is 0 Å². The minimum absolute atomic E-state index is 0.0281. The molecule has 0 aliphatic heterocycles. The highest BCUT2D eigenvalue weighted by molar-refractivity contribution is 5.08. The van der Waals surface area contributed by atoms with E-state index < -0.39 is 0 Å². The maximum atomic E-state index is 9.10. The minimum atomic E-state index is 0.0281. The Morgan fingerprint density at radius 2 is 2.38 bits per heavy atom. The SMILES string of the molecule is OCc1cccn1Cc1noc(C2CC2)n1. The summed E-state index contributed by atoms with van der Waals surface area (Å²) < 4.78 is 7.09. The van der Waals surface area contributed by atoms with E-state index in [2.05, 4.69) is 10.1 Å². The van der Waals surface area contributed by atoms with Crippen molar-refractivity contribution in [1.29, 1.82) is 0 Å². The topological polar surface area (TPSA) is 64.1 Å². The van der Waals surface area contributed by atoms with Gasteiger partial charge in [0, 0.05) is 17.8 Å². The van der Waals surface area contributed by atoms with Crippen LogP contribution >= 0.6 is 0 Å². The van der Waals surface area contributed by atoms with E-state index >= 15 is 0 Å². The summed E-state index contributed by atoms with van der Waals surface area (Å²) in [7, 11) is 0. The lowest BCUT2D eigenvalue weighted by molar-refractivity contribution is 0.271. The van der Waals surface area contributed by atoms with Crippen LogP contribution in [0, 0.1) is 0 Å². The molecule has 3 rings (SSSR count). The van der Waals surface area contributed by atoms with Crippen LogP contribution in [0.3, 0.4) is 0 Å². The monoisotopic (exact) mass is 219 g/mol. The largest absolute Gasteiger partial charge is 0.390 e. The van der Waals surface area contributed by atoms with E-state index in [1.54, 1.807) is 0 Å². The molecule has 0 spiro atoms. The number of hydrogen-bond donors (Lipinski definition) is 1. The molecule has 0 bridgehead atoms. The fraction of sp³-hybridized carbons (Fsp3) is 0.455.